The van der Waals surface area contributed by atoms with Gasteiger partial charge in [-0.05, 0) is 12.1 Å². The lowest BCUT2D eigenvalue weighted by Gasteiger charge is -2.08. The van der Waals surface area contributed by atoms with Crippen LogP contribution in [0.15, 0.2) is 42.5 Å². The number of anilines is 1. The molecule has 0 saturated heterocycles. The number of nitro groups is 1. The van der Waals surface area contributed by atoms with E-state index in [1.54, 1.807) is 24.3 Å². The standard InChI is InChI=1S/C13H12N2O4/c16-12-6-1-3-9(13(12)17)8-14-10-4-2-5-11(7-10)15(18)19/h1-7,14,16-17H,8H2. The van der Waals surface area contributed by atoms with Crippen molar-refractivity contribution in [2.45, 2.75) is 6.54 Å². The predicted molar refractivity (Wildman–Crippen MR) is 70.2 cm³/mol. The van der Waals surface area contributed by atoms with E-state index in [0.29, 0.717) is 11.3 Å². The second kappa shape index (κ2) is 5.26. The Bertz CT molecular complexity index is 613. The molecule has 3 N–H and O–H groups in total. The Balaban J connectivity index is 2.12. The summed E-state index contributed by atoms with van der Waals surface area (Å²) in [7, 11) is 0. The summed E-state index contributed by atoms with van der Waals surface area (Å²) in [6, 6.07) is 10.7. The number of nitro benzene ring substituents is 1. The molecule has 6 heteroatoms. The Morgan fingerprint density at radius 3 is 2.63 bits per heavy atom. The third-order valence-electron chi connectivity index (χ3n) is 2.64. The first kappa shape index (κ1) is 12.7. The lowest BCUT2D eigenvalue weighted by molar-refractivity contribution is -0.384. The minimum Gasteiger partial charge on any atom is -0.504 e. The van der Waals surface area contributed by atoms with Gasteiger partial charge in [0.15, 0.2) is 11.5 Å². The van der Waals surface area contributed by atoms with Crippen LogP contribution in [0, 0.1) is 10.1 Å². The van der Waals surface area contributed by atoms with Crippen LogP contribution >= 0.6 is 0 Å². The van der Waals surface area contributed by atoms with Gasteiger partial charge >= 0.3 is 0 Å². The summed E-state index contributed by atoms with van der Waals surface area (Å²) in [4.78, 5) is 10.2. The summed E-state index contributed by atoms with van der Waals surface area (Å²) in [5.41, 5.74) is 1.06. The Morgan fingerprint density at radius 2 is 1.89 bits per heavy atom. The van der Waals surface area contributed by atoms with Crippen molar-refractivity contribution in [2.75, 3.05) is 5.32 Å². The number of para-hydroxylation sites is 1. The molecule has 0 spiro atoms. The van der Waals surface area contributed by atoms with Crippen LogP contribution in [0.4, 0.5) is 11.4 Å². The van der Waals surface area contributed by atoms with Crippen LogP contribution in [0.25, 0.3) is 0 Å². The number of rotatable bonds is 4. The molecule has 0 amide bonds. The Kier molecular flexibility index (Phi) is 3.51. The van der Waals surface area contributed by atoms with Crippen molar-refractivity contribution < 1.29 is 15.1 Å². The van der Waals surface area contributed by atoms with Crippen molar-refractivity contribution in [2.24, 2.45) is 0 Å². The lowest BCUT2D eigenvalue weighted by atomic mass is 10.2. The summed E-state index contributed by atoms with van der Waals surface area (Å²) < 4.78 is 0. The zero-order valence-electron chi connectivity index (χ0n) is 9.91. The molecule has 2 rings (SSSR count). The first-order chi connectivity index (χ1) is 9.08. The van der Waals surface area contributed by atoms with E-state index < -0.39 is 4.92 Å². The number of hydrogen-bond donors (Lipinski definition) is 3. The molecular formula is C13H12N2O4. The normalized spacial score (nSPS) is 10.1. The van der Waals surface area contributed by atoms with E-state index in [2.05, 4.69) is 5.32 Å². The SMILES string of the molecule is O=[N+]([O-])c1cccc(NCc2cccc(O)c2O)c1. The molecule has 0 unspecified atom stereocenters. The highest BCUT2D eigenvalue weighted by molar-refractivity contribution is 5.52. The average molecular weight is 260 g/mol. The van der Waals surface area contributed by atoms with E-state index in [0.717, 1.165) is 0 Å². The number of aromatic hydroxyl groups is 2. The van der Waals surface area contributed by atoms with Gasteiger partial charge in [0, 0.05) is 29.9 Å². The lowest BCUT2D eigenvalue weighted by Crippen LogP contribution is -2.00. The third-order valence-corrected chi connectivity index (χ3v) is 2.64. The third kappa shape index (κ3) is 2.92. The molecule has 0 heterocycles. The van der Waals surface area contributed by atoms with Gasteiger partial charge in [0.05, 0.1) is 4.92 Å². The van der Waals surface area contributed by atoms with Crippen molar-refractivity contribution in [1.29, 1.82) is 0 Å². The number of nitrogens with one attached hydrogen (secondary N) is 1. The molecule has 98 valence electrons. The maximum absolute atomic E-state index is 10.6. The molecule has 2 aromatic rings. The van der Waals surface area contributed by atoms with Crippen LogP contribution in [0.5, 0.6) is 11.5 Å². The zero-order valence-corrected chi connectivity index (χ0v) is 9.91. The number of phenolic OH excluding ortho intramolecular Hbond substituents is 2. The van der Waals surface area contributed by atoms with E-state index in [4.69, 9.17) is 0 Å². The highest BCUT2D eigenvalue weighted by Crippen LogP contribution is 2.28. The number of phenols is 2. The Morgan fingerprint density at radius 1 is 1.16 bits per heavy atom. The monoisotopic (exact) mass is 260 g/mol. The molecule has 0 aliphatic carbocycles. The molecule has 6 nitrogen and oxygen atoms in total. The van der Waals surface area contributed by atoms with Crippen LogP contribution in [-0.2, 0) is 6.54 Å². The minimum atomic E-state index is -0.475. The molecular weight excluding hydrogens is 248 g/mol. The van der Waals surface area contributed by atoms with Gasteiger partial charge in [-0.2, -0.15) is 0 Å². The fraction of sp³-hybridized carbons (Fsp3) is 0.0769. The van der Waals surface area contributed by atoms with E-state index in [1.165, 1.54) is 18.2 Å². The van der Waals surface area contributed by atoms with Crippen molar-refractivity contribution in [3.05, 3.63) is 58.1 Å². The van der Waals surface area contributed by atoms with Crippen LogP contribution in [0.3, 0.4) is 0 Å². The first-order valence-corrected chi connectivity index (χ1v) is 5.56. The molecule has 0 saturated carbocycles. The molecule has 0 radical (unpaired) electrons. The molecule has 0 bridgehead atoms. The molecule has 0 aliphatic rings. The van der Waals surface area contributed by atoms with E-state index in [-0.39, 0.29) is 23.7 Å². The van der Waals surface area contributed by atoms with Crippen molar-refractivity contribution in [3.8, 4) is 11.5 Å². The Hall–Kier alpha value is -2.76. The number of nitrogens with zero attached hydrogens (tertiary/aromatic N) is 1. The van der Waals surface area contributed by atoms with E-state index in [9.17, 15) is 20.3 Å². The van der Waals surface area contributed by atoms with Gasteiger partial charge in [-0.25, -0.2) is 0 Å². The quantitative estimate of drug-likeness (QED) is 0.446. The van der Waals surface area contributed by atoms with Gasteiger partial charge in [0.25, 0.3) is 5.69 Å². The molecule has 19 heavy (non-hydrogen) atoms. The fourth-order valence-electron chi connectivity index (χ4n) is 1.65. The largest absolute Gasteiger partial charge is 0.504 e. The molecule has 0 aromatic heterocycles. The fourth-order valence-corrected chi connectivity index (χ4v) is 1.65. The number of non-ortho nitro benzene ring substituents is 1. The molecule has 2 aromatic carbocycles. The summed E-state index contributed by atoms with van der Waals surface area (Å²) in [5, 5.41) is 32.5. The summed E-state index contributed by atoms with van der Waals surface area (Å²) >= 11 is 0. The van der Waals surface area contributed by atoms with Crippen molar-refractivity contribution >= 4 is 11.4 Å². The van der Waals surface area contributed by atoms with Crippen molar-refractivity contribution in [1.82, 2.24) is 0 Å². The van der Waals surface area contributed by atoms with E-state index in [1.807, 2.05) is 0 Å². The van der Waals surface area contributed by atoms with Crippen LogP contribution in [-0.4, -0.2) is 15.1 Å². The Labute approximate surface area is 109 Å². The summed E-state index contributed by atoms with van der Waals surface area (Å²) in [6.45, 7) is 0.251. The molecule has 0 aliphatic heterocycles. The second-order valence-electron chi connectivity index (χ2n) is 3.95. The smallest absolute Gasteiger partial charge is 0.271 e. The van der Waals surface area contributed by atoms with E-state index >= 15 is 0 Å². The number of hydrogen-bond acceptors (Lipinski definition) is 5. The summed E-state index contributed by atoms with van der Waals surface area (Å²) in [6.07, 6.45) is 0. The van der Waals surface area contributed by atoms with Crippen LogP contribution < -0.4 is 5.32 Å². The highest BCUT2D eigenvalue weighted by atomic mass is 16.6. The van der Waals surface area contributed by atoms with Gasteiger partial charge in [-0.1, -0.05) is 18.2 Å². The minimum absolute atomic E-state index is 0.00914. The first-order valence-electron chi connectivity index (χ1n) is 5.56. The molecule has 0 fully saturated rings. The number of benzene rings is 2. The van der Waals surface area contributed by atoms with Gasteiger partial charge < -0.3 is 15.5 Å². The topological polar surface area (TPSA) is 95.6 Å². The predicted octanol–water partition coefficient (Wildman–Crippen LogP) is 2.62. The maximum Gasteiger partial charge on any atom is 0.271 e. The van der Waals surface area contributed by atoms with Crippen LogP contribution in [0.1, 0.15) is 5.56 Å². The van der Waals surface area contributed by atoms with Crippen molar-refractivity contribution in [3.63, 3.8) is 0 Å². The zero-order chi connectivity index (χ0) is 13.8. The van der Waals surface area contributed by atoms with Crippen LogP contribution in [0.2, 0.25) is 0 Å². The molecule has 0 atom stereocenters. The van der Waals surface area contributed by atoms with Gasteiger partial charge in [0.2, 0.25) is 0 Å². The average Bonchev–Trinajstić information content (AvgIpc) is 2.41. The van der Waals surface area contributed by atoms with Gasteiger partial charge in [-0.3, -0.25) is 10.1 Å². The summed E-state index contributed by atoms with van der Waals surface area (Å²) in [5.74, 6) is -0.390. The van der Waals surface area contributed by atoms with Gasteiger partial charge in [0.1, 0.15) is 0 Å². The van der Waals surface area contributed by atoms with Gasteiger partial charge in [-0.15, -0.1) is 0 Å². The second-order valence-corrected chi connectivity index (χ2v) is 3.95. The maximum atomic E-state index is 10.6. The highest BCUT2D eigenvalue weighted by Gasteiger charge is 2.07.